The minimum Gasteiger partial charge on any atom is -0.388 e. The SMILES string of the molecule is CC(=O)[C@]12OC[C@@H](O)[C@H]1OC[C@@H]2O. The highest BCUT2D eigenvalue weighted by Crippen LogP contribution is 2.38. The van der Waals surface area contributed by atoms with E-state index >= 15 is 0 Å². The molecule has 4 atom stereocenters. The summed E-state index contributed by atoms with van der Waals surface area (Å²) in [6, 6.07) is 0. The summed E-state index contributed by atoms with van der Waals surface area (Å²) < 4.78 is 10.3. The molecular weight excluding hydrogens is 176 g/mol. The quantitative estimate of drug-likeness (QED) is 0.522. The van der Waals surface area contributed by atoms with Gasteiger partial charge in [-0.1, -0.05) is 0 Å². The van der Waals surface area contributed by atoms with E-state index in [1.54, 1.807) is 0 Å². The zero-order valence-electron chi connectivity index (χ0n) is 7.27. The Morgan fingerprint density at radius 1 is 1.46 bits per heavy atom. The number of hydrogen-bond donors (Lipinski definition) is 2. The number of hydrogen-bond acceptors (Lipinski definition) is 5. The van der Waals surface area contributed by atoms with Crippen LogP contribution in [0.5, 0.6) is 0 Å². The number of carbonyl (C=O) groups excluding carboxylic acids is 1. The van der Waals surface area contributed by atoms with Crippen molar-refractivity contribution in [1.29, 1.82) is 0 Å². The van der Waals surface area contributed by atoms with Crippen molar-refractivity contribution in [3.63, 3.8) is 0 Å². The summed E-state index contributed by atoms with van der Waals surface area (Å²) in [4.78, 5) is 11.3. The van der Waals surface area contributed by atoms with Crippen molar-refractivity contribution in [2.75, 3.05) is 13.2 Å². The Morgan fingerprint density at radius 2 is 2.15 bits per heavy atom. The second-order valence-electron chi connectivity index (χ2n) is 3.50. The Labute approximate surface area is 75.3 Å². The van der Waals surface area contributed by atoms with E-state index in [4.69, 9.17) is 9.47 Å². The molecule has 0 aromatic rings. The molecule has 2 rings (SSSR count). The summed E-state index contributed by atoms with van der Waals surface area (Å²) in [5.74, 6) is -0.293. The summed E-state index contributed by atoms with van der Waals surface area (Å²) in [5, 5.41) is 19.0. The fourth-order valence-corrected chi connectivity index (χ4v) is 2.05. The Bertz CT molecular complexity index is 241. The average molecular weight is 188 g/mol. The minimum atomic E-state index is -1.32. The molecule has 2 saturated heterocycles. The van der Waals surface area contributed by atoms with E-state index < -0.39 is 23.9 Å². The van der Waals surface area contributed by atoms with E-state index in [2.05, 4.69) is 0 Å². The number of ketones is 1. The maximum Gasteiger partial charge on any atom is 0.182 e. The van der Waals surface area contributed by atoms with Gasteiger partial charge in [-0.25, -0.2) is 0 Å². The molecule has 2 aliphatic rings. The predicted octanol–water partition coefficient (Wildman–Crippen LogP) is -1.54. The molecule has 13 heavy (non-hydrogen) atoms. The van der Waals surface area contributed by atoms with Crippen LogP contribution < -0.4 is 0 Å². The lowest BCUT2D eigenvalue weighted by Crippen LogP contribution is -2.52. The fraction of sp³-hybridized carbons (Fsp3) is 0.875. The van der Waals surface area contributed by atoms with Crippen LogP contribution in [0.4, 0.5) is 0 Å². The third kappa shape index (κ3) is 0.985. The predicted molar refractivity (Wildman–Crippen MR) is 41.1 cm³/mol. The van der Waals surface area contributed by atoms with Crippen molar-refractivity contribution in [2.45, 2.75) is 30.8 Å². The highest BCUT2D eigenvalue weighted by atomic mass is 16.6. The van der Waals surface area contributed by atoms with Gasteiger partial charge in [-0.2, -0.15) is 0 Å². The van der Waals surface area contributed by atoms with Crippen LogP contribution in [0.1, 0.15) is 6.92 Å². The van der Waals surface area contributed by atoms with Gasteiger partial charge in [0.1, 0.15) is 18.3 Å². The van der Waals surface area contributed by atoms with Gasteiger partial charge >= 0.3 is 0 Å². The Morgan fingerprint density at radius 3 is 2.69 bits per heavy atom. The van der Waals surface area contributed by atoms with Crippen molar-refractivity contribution < 1.29 is 24.5 Å². The first-order valence-electron chi connectivity index (χ1n) is 4.21. The number of carbonyl (C=O) groups is 1. The van der Waals surface area contributed by atoms with E-state index in [-0.39, 0.29) is 19.0 Å². The molecule has 0 amide bonds. The van der Waals surface area contributed by atoms with Gasteiger partial charge in [-0.3, -0.25) is 4.79 Å². The van der Waals surface area contributed by atoms with Crippen LogP contribution >= 0.6 is 0 Å². The molecule has 2 N–H and O–H groups in total. The average Bonchev–Trinajstić information content (AvgIpc) is 2.55. The molecule has 5 heteroatoms. The molecule has 0 aliphatic carbocycles. The smallest absolute Gasteiger partial charge is 0.182 e. The van der Waals surface area contributed by atoms with E-state index in [1.165, 1.54) is 6.92 Å². The van der Waals surface area contributed by atoms with Gasteiger partial charge in [0.15, 0.2) is 11.4 Å². The van der Waals surface area contributed by atoms with Gasteiger partial charge < -0.3 is 19.7 Å². The monoisotopic (exact) mass is 188 g/mol. The maximum atomic E-state index is 11.3. The molecule has 0 unspecified atom stereocenters. The lowest BCUT2D eigenvalue weighted by atomic mass is 9.88. The highest BCUT2D eigenvalue weighted by Gasteiger charge is 2.62. The Balaban J connectivity index is 2.35. The van der Waals surface area contributed by atoms with Crippen molar-refractivity contribution in [1.82, 2.24) is 0 Å². The standard InChI is InChI=1S/C8H12O5/c1-4(9)8-6(11)3-12-7(8)5(10)2-13-8/h5-7,10-11H,2-3H2,1H3/t5-,6+,7-,8-/m1/s1. The number of rotatable bonds is 1. The molecular formula is C8H12O5. The molecule has 5 nitrogen and oxygen atoms in total. The van der Waals surface area contributed by atoms with Gasteiger partial charge in [0.05, 0.1) is 13.2 Å². The normalized spacial score (nSPS) is 49.3. The van der Waals surface area contributed by atoms with Crippen molar-refractivity contribution in [3.05, 3.63) is 0 Å². The highest BCUT2D eigenvalue weighted by molar-refractivity contribution is 5.87. The lowest BCUT2D eigenvalue weighted by Gasteiger charge is -2.26. The summed E-state index contributed by atoms with van der Waals surface area (Å²) >= 11 is 0. The first-order valence-corrected chi connectivity index (χ1v) is 4.21. The molecule has 2 aliphatic heterocycles. The van der Waals surface area contributed by atoms with Crippen LogP contribution in [0.3, 0.4) is 0 Å². The Kier molecular flexibility index (Phi) is 1.92. The molecule has 0 spiro atoms. The van der Waals surface area contributed by atoms with E-state index in [1.807, 2.05) is 0 Å². The third-order valence-electron chi connectivity index (χ3n) is 2.74. The van der Waals surface area contributed by atoms with E-state index in [9.17, 15) is 15.0 Å². The summed E-state index contributed by atoms with van der Waals surface area (Å²) in [5.41, 5.74) is -1.32. The number of Topliss-reactive ketones (excluding diaryl/α,β-unsaturated/α-hetero) is 1. The van der Waals surface area contributed by atoms with Crippen LogP contribution in [0.2, 0.25) is 0 Å². The fourth-order valence-electron chi connectivity index (χ4n) is 2.05. The van der Waals surface area contributed by atoms with Crippen molar-refractivity contribution >= 4 is 5.78 Å². The molecule has 0 saturated carbocycles. The molecule has 0 bridgehead atoms. The largest absolute Gasteiger partial charge is 0.388 e. The number of ether oxygens (including phenoxy) is 2. The molecule has 2 heterocycles. The second-order valence-corrected chi connectivity index (χ2v) is 3.50. The first-order chi connectivity index (χ1) is 6.09. The third-order valence-corrected chi connectivity index (χ3v) is 2.74. The first kappa shape index (κ1) is 9.08. The van der Waals surface area contributed by atoms with Gasteiger partial charge in [0, 0.05) is 0 Å². The molecule has 0 radical (unpaired) electrons. The maximum absolute atomic E-state index is 11.3. The Hall–Kier alpha value is -0.490. The topological polar surface area (TPSA) is 76.0 Å². The van der Waals surface area contributed by atoms with Crippen LogP contribution in [-0.4, -0.2) is 53.1 Å². The van der Waals surface area contributed by atoms with E-state index in [0.717, 1.165) is 0 Å². The summed E-state index contributed by atoms with van der Waals surface area (Å²) in [6.07, 6.45) is -2.49. The summed E-state index contributed by atoms with van der Waals surface area (Å²) in [6.45, 7) is 1.42. The van der Waals surface area contributed by atoms with Crippen LogP contribution in [0.25, 0.3) is 0 Å². The zero-order valence-corrected chi connectivity index (χ0v) is 7.27. The minimum absolute atomic E-state index is 0.0430. The molecule has 74 valence electrons. The zero-order chi connectivity index (χ0) is 9.64. The van der Waals surface area contributed by atoms with Gasteiger partial charge in [0.25, 0.3) is 0 Å². The van der Waals surface area contributed by atoms with Crippen LogP contribution in [0, 0.1) is 0 Å². The van der Waals surface area contributed by atoms with Crippen molar-refractivity contribution in [2.24, 2.45) is 0 Å². The van der Waals surface area contributed by atoms with Crippen LogP contribution in [-0.2, 0) is 14.3 Å². The molecule has 0 aromatic carbocycles. The van der Waals surface area contributed by atoms with Gasteiger partial charge in [-0.15, -0.1) is 0 Å². The molecule has 0 aromatic heterocycles. The number of aliphatic hydroxyl groups is 2. The number of fused-ring (bicyclic) bond motifs is 1. The summed E-state index contributed by atoms with van der Waals surface area (Å²) in [7, 11) is 0. The molecule has 2 fully saturated rings. The second kappa shape index (κ2) is 2.75. The van der Waals surface area contributed by atoms with E-state index in [0.29, 0.717) is 0 Å². The van der Waals surface area contributed by atoms with Gasteiger partial charge in [-0.05, 0) is 6.92 Å². The van der Waals surface area contributed by atoms with Crippen LogP contribution in [0.15, 0.2) is 0 Å². The van der Waals surface area contributed by atoms with Gasteiger partial charge in [0.2, 0.25) is 0 Å². The lowest BCUT2D eigenvalue weighted by molar-refractivity contribution is -0.148. The van der Waals surface area contributed by atoms with Crippen molar-refractivity contribution in [3.8, 4) is 0 Å². The number of aliphatic hydroxyl groups excluding tert-OH is 2.